The third-order valence-corrected chi connectivity index (χ3v) is 2.79. The third-order valence-electron chi connectivity index (χ3n) is 2.79. The summed E-state index contributed by atoms with van der Waals surface area (Å²) in [6, 6.07) is -1.41. The summed E-state index contributed by atoms with van der Waals surface area (Å²) in [5, 5.41) is 11.0. The molecular weight excluding hydrogens is 226 g/mol. The Morgan fingerprint density at radius 2 is 2.06 bits per heavy atom. The van der Waals surface area contributed by atoms with Crippen LogP contribution < -0.4 is 11.1 Å². The molecule has 0 bridgehead atoms. The van der Waals surface area contributed by atoms with Crippen LogP contribution in [0.5, 0.6) is 0 Å². The number of urea groups is 1. The number of piperidine rings is 1. The normalized spacial score (nSPS) is 20.8. The molecular formula is C10H17N3O4. The van der Waals surface area contributed by atoms with Gasteiger partial charge in [-0.05, 0) is 19.4 Å². The molecule has 1 heterocycles. The van der Waals surface area contributed by atoms with E-state index in [1.165, 1.54) is 0 Å². The number of amides is 3. The molecule has 1 rings (SSSR count). The van der Waals surface area contributed by atoms with Crippen molar-refractivity contribution < 1.29 is 19.5 Å². The van der Waals surface area contributed by atoms with Gasteiger partial charge in [-0.15, -0.1) is 0 Å². The van der Waals surface area contributed by atoms with E-state index in [0.717, 1.165) is 12.8 Å². The van der Waals surface area contributed by atoms with Gasteiger partial charge < -0.3 is 10.8 Å². The molecule has 17 heavy (non-hydrogen) atoms. The molecule has 3 amide bonds. The first kappa shape index (κ1) is 13.4. The first-order valence-corrected chi connectivity index (χ1v) is 5.57. The average Bonchev–Trinajstić information content (AvgIpc) is 2.25. The summed E-state index contributed by atoms with van der Waals surface area (Å²) in [5.41, 5.74) is 4.80. The number of rotatable bonds is 4. The van der Waals surface area contributed by atoms with E-state index < -0.39 is 23.9 Å². The topological polar surface area (TPSA) is 113 Å². The van der Waals surface area contributed by atoms with Crippen molar-refractivity contribution in [3.8, 4) is 0 Å². The van der Waals surface area contributed by atoms with Gasteiger partial charge in [0.15, 0.2) is 0 Å². The number of carbonyl (C=O) groups excluding carboxylic acids is 2. The summed E-state index contributed by atoms with van der Waals surface area (Å²) in [4.78, 5) is 34.3. The van der Waals surface area contributed by atoms with Gasteiger partial charge >= 0.3 is 12.0 Å². The average molecular weight is 243 g/mol. The minimum Gasteiger partial charge on any atom is -0.480 e. The van der Waals surface area contributed by atoms with Gasteiger partial charge in [-0.2, -0.15) is 0 Å². The van der Waals surface area contributed by atoms with Crippen molar-refractivity contribution in [2.45, 2.75) is 31.7 Å². The maximum atomic E-state index is 11.2. The van der Waals surface area contributed by atoms with Crippen LogP contribution in [0.2, 0.25) is 0 Å². The van der Waals surface area contributed by atoms with Crippen molar-refractivity contribution in [1.29, 1.82) is 0 Å². The molecule has 1 saturated heterocycles. The quantitative estimate of drug-likeness (QED) is 0.616. The van der Waals surface area contributed by atoms with Crippen LogP contribution in [0.3, 0.4) is 0 Å². The zero-order valence-corrected chi connectivity index (χ0v) is 9.52. The zero-order valence-electron chi connectivity index (χ0n) is 9.52. The number of hydrogen-bond acceptors (Lipinski definition) is 4. The summed E-state index contributed by atoms with van der Waals surface area (Å²) in [7, 11) is 0. The van der Waals surface area contributed by atoms with Crippen LogP contribution in [-0.2, 0) is 9.59 Å². The summed E-state index contributed by atoms with van der Waals surface area (Å²) in [6.07, 6.45) is 2.50. The molecule has 7 nitrogen and oxygen atoms in total. The molecule has 0 aromatic rings. The molecule has 1 aliphatic rings. The van der Waals surface area contributed by atoms with Crippen molar-refractivity contribution in [2.75, 3.05) is 13.1 Å². The molecule has 4 N–H and O–H groups in total. The fourth-order valence-electron chi connectivity index (χ4n) is 1.98. The van der Waals surface area contributed by atoms with Crippen LogP contribution in [0, 0.1) is 0 Å². The van der Waals surface area contributed by atoms with Gasteiger partial charge in [-0.3, -0.25) is 19.8 Å². The summed E-state index contributed by atoms with van der Waals surface area (Å²) in [5.74, 6) is -1.34. The maximum absolute atomic E-state index is 11.2. The number of likely N-dealkylation sites (tertiary alicyclic amines) is 1. The van der Waals surface area contributed by atoms with Crippen molar-refractivity contribution >= 4 is 17.9 Å². The summed E-state index contributed by atoms with van der Waals surface area (Å²) >= 11 is 0. The number of nitrogens with two attached hydrogens (primary N) is 1. The molecule has 0 spiro atoms. The van der Waals surface area contributed by atoms with Crippen LogP contribution in [0.4, 0.5) is 4.79 Å². The molecule has 0 aliphatic carbocycles. The molecule has 1 atom stereocenters. The Kier molecular flexibility index (Phi) is 4.89. The first-order valence-electron chi connectivity index (χ1n) is 5.57. The highest BCUT2D eigenvalue weighted by molar-refractivity contribution is 5.93. The molecule has 0 aromatic carbocycles. The Balaban J connectivity index is 2.40. The van der Waals surface area contributed by atoms with Crippen molar-refractivity contribution in [1.82, 2.24) is 10.2 Å². The fourth-order valence-corrected chi connectivity index (χ4v) is 1.98. The van der Waals surface area contributed by atoms with Crippen LogP contribution in [0.15, 0.2) is 0 Å². The van der Waals surface area contributed by atoms with Crippen LogP contribution in [0.25, 0.3) is 0 Å². The lowest BCUT2D eigenvalue weighted by Crippen LogP contribution is -2.46. The van der Waals surface area contributed by atoms with Gasteiger partial charge in [0.25, 0.3) is 0 Å². The minimum absolute atomic E-state index is 0.0761. The fraction of sp³-hybridized carbons (Fsp3) is 0.700. The Labute approximate surface area is 98.9 Å². The van der Waals surface area contributed by atoms with Gasteiger partial charge in [-0.1, -0.05) is 6.42 Å². The smallest absolute Gasteiger partial charge is 0.320 e. The minimum atomic E-state index is -0.886. The van der Waals surface area contributed by atoms with E-state index in [9.17, 15) is 14.4 Å². The van der Waals surface area contributed by atoms with E-state index in [4.69, 9.17) is 10.8 Å². The van der Waals surface area contributed by atoms with E-state index in [1.54, 1.807) is 4.90 Å². The third kappa shape index (κ3) is 4.39. The standard InChI is InChI=1S/C10H17N3O4/c11-10(17)12-8(14)4-6-13-5-2-1-3-7(13)9(15)16/h7H,1-6H2,(H,15,16)(H3,11,12,14,17). The first-order chi connectivity index (χ1) is 8.00. The number of nitrogens with zero attached hydrogens (tertiary/aromatic N) is 1. The number of aliphatic carboxylic acids is 1. The summed E-state index contributed by atoms with van der Waals surface area (Å²) in [6.45, 7) is 0.997. The predicted molar refractivity (Wildman–Crippen MR) is 59.2 cm³/mol. The number of imide groups is 1. The Morgan fingerprint density at radius 1 is 1.35 bits per heavy atom. The van der Waals surface area contributed by atoms with Crippen molar-refractivity contribution in [2.24, 2.45) is 5.73 Å². The molecule has 1 fully saturated rings. The second-order valence-corrected chi connectivity index (χ2v) is 4.05. The molecule has 0 radical (unpaired) electrons. The van der Waals surface area contributed by atoms with Gasteiger partial charge in [0.05, 0.1) is 0 Å². The lowest BCUT2D eigenvalue weighted by Gasteiger charge is -2.32. The number of carboxylic acids is 1. The Hall–Kier alpha value is -1.63. The van der Waals surface area contributed by atoms with E-state index in [-0.39, 0.29) is 6.42 Å². The lowest BCUT2D eigenvalue weighted by molar-refractivity contribution is -0.145. The molecule has 96 valence electrons. The van der Waals surface area contributed by atoms with E-state index in [1.807, 2.05) is 5.32 Å². The highest BCUT2D eigenvalue weighted by Gasteiger charge is 2.28. The van der Waals surface area contributed by atoms with Gasteiger partial charge in [-0.25, -0.2) is 4.79 Å². The van der Waals surface area contributed by atoms with E-state index >= 15 is 0 Å². The summed E-state index contributed by atoms with van der Waals surface area (Å²) < 4.78 is 0. The Morgan fingerprint density at radius 3 is 2.65 bits per heavy atom. The number of nitrogens with one attached hydrogen (secondary N) is 1. The Bertz CT molecular complexity index is 319. The number of hydrogen-bond donors (Lipinski definition) is 3. The molecule has 1 aliphatic heterocycles. The van der Waals surface area contributed by atoms with Gasteiger partial charge in [0.1, 0.15) is 6.04 Å². The predicted octanol–water partition coefficient (Wildman–Crippen LogP) is -0.490. The lowest BCUT2D eigenvalue weighted by atomic mass is 10.0. The SMILES string of the molecule is NC(=O)NC(=O)CCN1CCCCC1C(=O)O. The van der Waals surface area contributed by atoms with Crippen LogP contribution >= 0.6 is 0 Å². The number of carbonyl (C=O) groups is 3. The molecule has 0 saturated carbocycles. The van der Waals surface area contributed by atoms with Crippen molar-refractivity contribution in [3.05, 3.63) is 0 Å². The van der Waals surface area contributed by atoms with E-state index in [0.29, 0.717) is 19.5 Å². The highest BCUT2D eigenvalue weighted by Crippen LogP contribution is 2.17. The van der Waals surface area contributed by atoms with Crippen LogP contribution in [-0.4, -0.2) is 47.0 Å². The van der Waals surface area contributed by atoms with E-state index in [2.05, 4.69) is 0 Å². The molecule has 1 unspecified atom stereocenters. The molecule has 7 heteroatoms. The van der Waals surface area contributed by atoms with Gasteiger partial charge in [0, 0.05) is 13.0 Å². The monoisotopic (exact) mass is 243 g/mol. The second kappa shape index (κ2) is 6.19. The van der Waals surface area contributed by atoms with Gasteiger partial charge in [0.2, 0.25) is 5.91 Å². The van der Waals surface area contributed by atoms with Crippen LogP contribution in [0.1, 0.15) is 25.7 Å². The highest BCUT2D eigenvalue weighted by atomic mass is 16.4. The second-order valence-electron chi connectivity index (χ2n) is 4.05. The number of primary amides is 1. The largest absolute Gasteiger partial charge is 0.480 e. The number of carboxylic acid groups (broad SMARTS) is 1. The van der Waals surface area contributed by atoms with Crippen molar-refractivity contribution in [3.63, 3.8) is 0 Å². The molecule has 0 aromatic heterocycles. The maximum Gasteiger partial charge on any atom is 0.320 e. The zero-order chi connectivity index (χ0) is 12.8.